The zero-order chi connectivity index (χ0) is 14.2. The van der Waals surface area contributed by atoms with Crippen molar-refractivity contribution in [3.8, 4) is 5.75 Å². The number of amides is 1. The van der Waals surface area contributed by atoms with Gasteiger partial charge in [-0.15, -0.1) is 0 Å². The Kier molecular flexibility index (Phi) is 2.91. The molecule has 1 amide bonds. The normalized spacial score (nSPS) is 10.4. The highest BCUT2D eigenvalue weighted by Gasteiger charge is 2.24. The molecule has 0 aliphatic rings. The van der Waals surface area contributed by atoms with Gasteiger partial charge in [0.15, 0.2) is 0 Å². The van der Waals surface area contributed by atoms with Gasteiger partial charge in [0.05, 0.1) is 10.3 Å². The molecule has 1 heterocycles. The fourth-order valence-corrected chi connectivity index (χ4v) is 1.62. The van der Waals surface area contributed by atoms with Gasteiger partial charge < -0.3 is 14.8 Å². The van der Waals surface area contributed by atoms with E-state index in [1.807, 2.05) is 0 Å². The van der Waals surface area contributed by atoms with E-state index in [9.17, 15) is 24.8 Å². The van der Waals surface area contributed by atoms with E-state index in [2.05, 4.69) is 5.32 Å². The molecular formula is C11H8N2O6. The molecule has 1 aromatic heterocycles. The van der Waals surface area contributed by atoms with Gasteiger partial charge in [0.25, 0.3) is 0 Å². The van der Waals surface area contributed by atoms with Crippen molar-refractivity contribution in [3.63, 3.8) is 0 Å². The number of benzene rings is 1. The molecule has 0 aliphatic carbocycles. The Bertz CT molecular complexity index is 749. The van der Waals surface area contributed by atoms with Gasteiger partial charge in [-0.1, -0.05) is 0 Å². The second-order valence-electron chi connectivity index (χ2n) is 3.74. The maximum atomic E-state index is 11.4. The molecule has 1 aromatic carbocycles. The summed E-state index contributed by atoms with van der Waals surface area (Å²) in [6.45, 7) is 1.30. The highest BCUT2D eigenvalue weighted by molar-refractivity contribution is 5.93. The second kappa shape index (κ2) is 4.41. The fraction of sp³-hybridized carbons (Fsp3) is 0.0909. The van der Waals surface area contributed by atoms with Crippen LogP contribution in [0.25, 0.3) is 11.0 Å². The highest BCUT2D eigenvalue weighted by Crippen LogP contribution is 2.32. The molecule has 0 fully saturated rings. The van der Waals surface area contributed by atoms with Crippen LogP contribution >= 0.6 is 0 Å². The number of carbonyl (C=O) groups is 1. The van der Waals surface area contributed by atoms with E-state index in [-0.39, 0.29) is 16.9 Å². The van der Waals surface area contributed by atoms with E-state index in [1.165, 1.54) is 25.1 Å². The second-order valence-corrected chi connectivity index (χ2v) is 3.74. The Morgan fingerprint density at radius 2 is 2.16 bits per heavy atom. The summed E-state index contributed by atoms with van der Waals surface area (Å²) < 4.78 is 4.75. The Morgan fingerprint density at radius 1 is 1.47 bits per heavy atom. The monoisotopic (exact) mass is 264 g/mol. The summed E-state index contributed by atoms with van der Waals surface area (Å²) in [6.07, 6.45) is 0. The molecule has 0 atom stereocenters. The molecule has 19 heavy (non-hydrogen) atoms. The summed E-state index contributed by atoms with van der Waals surface area (Å²) in [6, 6.07) is 4.03. The van der Waals surface area contributed by atoms with Crippen LogP contribution in [-0.2, 0) is 4.79 Å². The van der Waals surface area contributed by atoms with Crippen LogP contribution in [0.1, 0.15) is 6.92 Å². The smallest absolute Gasteiger partial charge is 0.419 e. The Hall–Kier alpha value is -2.90. The summed E-state index contributed by atoms with van der Waals surface area (Å²) >= 11 is 0. The number of hydrogen-bond acceptors (Lipinski definition) is 6. The lowest BCUT2D eigenvalue weighted by atomic mass is 10.2. The minimum absolute atomic E-state index is 0.0143. The van der Waals surface area contributed by atoms with Gasteiger partial charge in [-0.25, -0.2) is 4.79 Å². The van der Waals surface area contributed by atoms with Crippen molar-refractivity contribution in [1.29, 1.82) is 0 Å². The van der Waals surface area contributed by atoms with Crippen molar-refractivity contribution in [3.05, 3.63) is 38.7 Å². The van der Waals surface area contributed by atoms with Crippen LogP contribution in [0.2, 0.25) is 0 Å². The first kappa shape index (κ1) is 12.6. The van der Waals surface area contributed by atoms with Crippen LogP contribution in [0.15, 0.2) is 27.4 Å². The third-order valence-corrected chi connectivity index (χ3v) is 2.36. The molecule has 8 heteroatoms. The standard InChI is InChI=1S/C11H8N2O6/c1-5(14)12-6-2-3-7-8(4-6)19-11(16)9(10(7)15)13(17)18/h2-4,15H,1H3,(H,12,14). The molecule has 2 aromatic rings. The van der Waals surface area contributed by atoms with E-state index in [1.54, 1.807) is 0 Å². The number of nitrogens with one attached hydrogen (secondary N) is 1. The van der Waals surface area contributed by atoms with Gasteiger partial charge >= 0.3 is 11.3 Å². The van der Waals surface area contributed by atoms with Gasteiger partial charge in [0, 0.05) is 18.7 Å². The van der Waals surface area contributed by atoms with Gasteiger partial charge in [0.1, 0.15) is 5.58 Å². The molecule has 8 nitrogen and oxygen atoms in total. The van der Waals surface area contributed by atoms with Gasteiger partial charge in [0.2, 0.25) is 11.7 Å². The molecule has 0 saturated carbocycles. The number of hydrogen-bond donors (Lipinski definition) is 2. The predicted molar refractivity (Wildman–Crippen MR) is 65.1 cm³/mol. The molecule has 98 valence electrons. The zero-order valence-corrected chi connectivity index (χ0v) is 9.67. The maximum absolute atomic E-state index is 11.4. The van der Waals surface area contributed by atoms with Crippen molar-refractivity contribution >= 4 is 28.3 Å². The van der Waals surface area contributed by atoms with Crippen molar-refractivity contribution in [2.24, 2.45) is 0 Å². The average Bonchev–Trinajstić information content (AvgIpc) is 2.26. The molecule has 0 radical (unpaired) electrons. The number of nitro groups is 1. The number of fused-ring (bicyclic) bond motifs is 1. The van der Waals surface area contributed by atoms with Crippen molar-refractivity contribution in [1.82, 2.24) is 0 Å². The molecule has 2 N–H and O–H groups in total. The number of aromatic hydroxyl groups is 1. The Labute approximate surface area is 105 Å². The van der Waals surface area contributed by atoms with E-state index in [0.717, 1.165) is 0 Å². The minimum atomic E-state index is -1.25. The Balaban J connectivity index is 2.70. The first-order chi connectivity index (χ1) is 8.90. The van der Waals surface area contributed by atoms with Crippen LogP contribution in [0.4, 0.5) is 11.4 Å². The van der Waals surface area contributed by atoms with E-state index in [4.69, 9.17) is 4.42 Å². The summed E-state index contributed by atoms with van der Waals surface area (Å²) in [4.78, 5) is 31.9. The van der Waals surface area contributed by atoms with Gasteiger partial charge in [-0.2, -0.15) is 0 Å². The molecule has 0 unspecified atom stereocenters. The van der Waals surface area contributed by atoms with Crippen LogP contribution in [0, 0.1) is 10.1 Å². The van der Waals surface area contributed by atoms with Crippen LogP contribution < -0.4 is 10.9 Å². The molecule has 0 bridgehead atoms. The molecular weight excluding hydrogens is 256 g/mol. The van der Waals surface area contributed by atoms with Crippen LogP contribution in [-0.4, -0.2) is 15.9 Å². The lowest BCUT2D eigenvalue weighted by molar-refractivity contribution is -0.388. The van der Waals surface area contributed by atoms with Crippen molar-refractivity contribution < 1.29 is 19.2 Å². The lowest BCUT2D eigenvalue weighted by Gasteiger charge is -2.04. The van der Waals surface area contributed by atoms with Gasteiger partial charge in [-0.3, -0.25) is 14.9 Å². The minimum Gasteiger partial charge on any atom is -0.501 e. The number of carbonyl (C=O) groups excluding carboxylic acids is 1. The Morgan fingerprint density at radius 3 is 2.74 bits per heavy atom. The van der Waals surface area contributed by atoms with E-state index >= 15 is 0 Å². The average molecular weight is 264 g/mol. The first-order valence-electron chi connectivity index (χ1n) is 5.12. The quantitative estimate of drug-likeness (QED) is 0.479. The SMILES string of the molecule is CC(=O)Nc1ccc2c(O)c([N+](=O)[O-])c(=O)oc2c1. The zero-order valence-electron chi connectivity index (χ0n) is 9.67. The highest BCUT2D eigenvalue weighted by atomic mass is 16.6. The summed E-state index contributed by atoms with van der Waals surface area (Å²) in [5, 5.41) is 22.8. The summed E-state index contributed by atoms with van der Waals surface area (Å²) in [5.41, 5.74) is -1.98. The topological polar surface area (TPSA) is 123 Å². The maximum Gasteiger partial charge on any atom is 0.419 e. The molecule has 2 rings (SSSR count). The van der Waals surface area contributed by atoms with Crippen molar-refractivity contribution in [2.75, 3.05) is 5.32 Å². The number of anilines is 1. The van der Waals surface area contributed by atoms with Crippen LogP contribution in [0.3, 0.4) is 0 Å². The summed E-state index contributed by atoms with van der Waals surface area (Å²) in [5.74, 6) is -1.08. The predicted octanol–water partition coefficient (Wildman–Crippen LogP) is 1.37. The number of rotatable bonds is 2. The lowest BCUT2D eigenvalue weighted by Crippen LogP contribution is -2.08. The van der Waals surface area contributed by atoms with Gasteiger partial charge in [-0.05, 0) is 12.1 Å². The fourth-order valence-electron chi connectivity index (χ4n) is 1.62. The molecule has 0 spiro atoms. The third-order valence-electron chi connectivity index (χ3n) is 2.36. The van der Waals surface area contributed by atoms with Crippen LogP contribution in [0.5, 0.6) is 5.75 Å². The molecule has 0 aliphatic heterocycles. The first-order valence-corrected chi connectivity index (χ1v) is 5.12. The summed E-state index contributed by atoms with van der Waals surface area (Å²) in [7, 11) is 0. The van der Waals surface area contributed by atoms with E-state index in [0.29, 0.717) is 5.69 Å². The number of nitrogens with zero attached hydrogens (tertiary/aromatic N) is 1. The molecule has 0 saturated heterocycles. The van der Waals surface area contributed by atoms with E-state index < -0.39 is 22.0 Å². The van der Waals surface area contributed by atoms with Crippen molar-refractivity contribution in [2.45, 2.75) is 6.92 Å². The largest absolute Gasteiger partial charge is 0.501 e. The third kappa shape index (κ3) is 2.23.